The molecular formula is C14H19ClN2O3. The third-order valence-electron chi connectivity index (χ3n) is 2.84. The summed E-state index contributed by atoms with van der Waals surface area (Å²) >= 11 is 6.13. The smallest absolute Gasteiger partial charge is 0.322 e. The molecule has 5 nitrogen and oxygen atoms in total. The molecule has 110 valence electrons. The molecular weight excluding hydrogens is 280 g/mol. The van der Waals surface area contributed by atoms with Crippen molar-refractivity contribution in [3.63, 3.8) is 0 Å². The van der Waals surface area contributed by atoms with Crippen molar-refractivity contribution in [1.29, 1.82) is 0 Å². The first-order valence-electron chi connectivity index (χ1n) is 6.66. The van der Waals surface area contributed by atoms with Crippen LogP contribution >= 0.6 is 11.6 Å². The van der Waals surface area contributed by atoms with Gasteiger partial charge in [-0.1, -0.05) is 11.6 Å². The number of amides is 2. The van der Waals surface area contributed by atoms with E-state index < -0.39 is 0 Å². The minimum atomic E-state index is -0.137. The first-order valence-corrected chi connectivity index (χ1v) is 7.04. The summed E-state index contributed by atoms with van der Waals surface area (Å²) in [5.41, 5.74) is 0.655. The van der Waals surface area contributed by atoms with Gasteiger partial charge in [-0.2, -0.15) is 0 Å². The number of nitrogens with one attached hydrogen (secondary N) is 1. The molecule has 1 heterocycles. The molecule has 1 aromatic carbocycles. The van der Waals surface area contributed by atoms with Crippen molar-refractivity contribution in [3.8, 4) is 5.75 Å². The second kappa shape index (κ2) is 6.81. The number of hydrogen-bond donors (Lipinski definition) is 1. The zero-order valence-corrected chi connectivity index (χ0v) is 12.4. The summed E-state index contributed by atoms with van der Waals surface area (Å²) in [4.78, 5) is 13.7. The van der Waals surface area contributed by atoms with Gasteiger partial charge in [0.15, 0.2) is 0 Å². The lowest BCUT2D eigenvalue weighted by molar-refractivity contribution is 0.0564. The maximum Gasteiger partial charge on any atom is 0.322 e. The molecule has 1 aliphatic heterocycles. The molecule has 20 heavy (non-hydrogen) atoms. The van der Waals surface area contributed by atoms with E-state index in [1.165, 1.54) is 0 Å². The molecule has 2 rings (SSSR count). The van der Waals surface area contributed by atoms with Crippen molar-refractivity contribution in [1.82, 2.24) is 4.90 Å². The number of rotatable bonds is 3. The molecule has 1 aromatic rings. The Labute approximate surface area is 123 Å². The fourth-order valence-electron chi connectivity index (χ4n) is 1.90. The Hall–Kier alpha value is -1.46. The quantitative estimate of drug-likeness (QED) is 0.933. The van der Waals surface area contributed by atoms with Crippen LogP contribution in [0.1, 0.15) is 13.8 Å². The minimum Gasteiger partial charge on any atom is -0.489 e. The highest BCUT2D eigenvalue weighted by Gasteiger charge is 2.17. The SMILES string of the molecule is CC(C)Oc1ccc(NC(=O)N2CCOCC2)cc1Cl. The zero-order chi connectivity index (χ0) is 14.5. The fourth-order valence-corrected chi connectivity index (χ4v) is 2.12. The molecule has 0 bridgehead atoms. The topological polar surface area (TPSA) is 50.8 Å². The lowest BCUT2D eigenvalue weighted by Gasteiger charge is -2.27. The lowest BCUT2D eigenvalue weighted by Crippen LogP contribution is -2.43. The molecule has 1 N–H and O–H groups in total. The van der Waals surface area contributed by atoms with Crippen LogP contribution in [0.4, 0.5) is 10.5 Å². The summed E-state index contributed by atoms with van der Waals surface area (Å²) < 4.78 is 10.8. The maximum absolute atomic E-state index is 12.0. The Kier molecular flexibility index (Phi) is 5.09. The zero-order valence-electron chi connectivity index (χ0n) is 11.7. The van der Waals surface area contributed by atoms with Crippen molar-refractivity contribution < 1.29 is 14.3 Å². The van der Waals surface area contributed by atoms with Crippen LogP contribution in [0.2, 0.25) is 5.02 Å². The van der Waals surface area contributed by atoms with Crippen LogP contribution in [0.5, 0.6) is 5.75 Å². The molecule has 0 saturated carbocycles. The van der Waals surface area contributed by atoms with Gasteiger partial charge < -0.3 is 19.7 Å². The number of carbonyl (C=O) groups is 1. The summed E-state index contributed by atoms with van der Waals surface area (Å²) in [6.45, 7) is 6.24. The number of anilines is 1. The van der Waals surface area contributed by atoms with Crippen LogP contribution in [0.25, 0.3) is 0 Å². The van der Waals surface area contributed by atoms with Crippen molar-refractivity contribution in [2.24, 2.45) is 0 Å². The van der Waals surface area contributed by atoms with Crippen LogP contribution < -0.4 is 10.1 Å². The predicted molar refractivity (Wildman–Crippen MR) is 78.6 cm³/mol. The fraction of sp³-hybridized carbons (Fsp3) is 0.500. The molecule has 0 aromatic heterocycles. The van der Waals surface area contributed by atoms with Crippen molar-refractivity contribution in [2.75, 3.05) is 31.6 Å². The number of halogens is 1. The molecule has 0 radical (unpaired) electrons. The van der Waals surface area contributed by atoms with Crippen LogP contribution in [0.3, 0.4) is 0 Å². The Morgan fingerprint density at radius 1 is 1.40 bits per heavy atom. The summed E-state index contributed by atoms with van der Waals surface area (Å²) in [5, 5.41) is 3.31. The van der Waals surface area contributed by atoms with Gasteiger partial charge in [-0.15, -0.1) is 0 Å². The van der Waals surface area contributed by atoms with Gasteiger partial charge in [0.05, 0.1) is 24.3 Å². The molecule has 6 heteroatoms. The normalized spacial score (nSPS) is 15.3. The summed E-state index contributed by atoms with van der Waals surface area (Å²) in [5.74, 6) is 0.617. The van der Waals surface area contributed by atoms with Gasteiger partial charge in [-0.3, -0.25) is 0 Å². The standard InChI is InChI=1S/C14H19ClN2O3/c1-10(2)20-13-4-3-11(9-12(13)15)16-14(18)17-5-7-19-8-6-17/h3-4,9-10H,5-8H2,1-2H3,(H,16,18). The van der Waals surface area contributed by atoms with E-state index in [2.05, 4.69) is 5.32 Å². The Morgan fingerprint density at radius 3 is 2.70 bits per heavy atom. The van der Waals surface area contributed by atoms with Crippen molar-refractivity contribution in [3.05, 3.63) is 23.2 Å². The van der Waals surface area contributed by atoms with Gasteiger partial charge in [-0.05, 0) is 32.0 Å². The number of hydrogen-bond acceptors (Lipinski definition) is 3. The number of ether oxygens (including phenoxy) is 2. The predicted octanol–water partition coefficient (Wildman–Crippen LogP) is 2.99. The highest BCUT2D eigenvalue weighted by atomic mass is 35.5. The van der Waals surface area contributed by atoms with E-state index in [1.807, 2.05) is 13.8 Å². The van der Waals surface area contributed by atoms with E-state index in [9.17, 15) is 4.79 Å². The van der Waals surface area contributed by atoms with E-state index >= 15 is 0 Å². The Bertz CT molecular complexity index is 473. The minimum absolute atomic E-state index is 0.0568. The summed E-state index contributed by atoms with van der Waals surface area (Å²) in [6.07, 6.45) is 0.0568. The molecule has 0 atom stereocenters. The number of nitrogens with zero attached hydrogens (tertiary/aromatic N) is 1. The third-order valence-corrected chi connectivity index (χ3v) is 3.14. The molecule has 1 fully saturated rings. The van der Waals surface area contributed by atoms with E-state index in [-0.39, 0.29) is 12.1 Å². The monoisotopic (exact) mass is 298 g/mol. The van der Waals surface area contributed by atoms with Crippen LogP contribution in [0.15, 0.2) is 18.2 Å². The summed E-state index contributed by atoms with van der Waals surface area (Å²) in [7, 11) is 0. The molecule has 1 saturated heterocycles. The third kappa shape index (κ3) is 4.02. The molecule has 2 amide bonds. The van der Waals surface area contributed by atoms with Crippen LogP contribution in [0, 0.1) is 0 Å². The highest BCUT2D eigenvalue weighted by Crippen LogP contribution is 2.28. The average Bonchev–Trinajstić information content (AvgIpc) is 2.42. The number of benzene rings is 1. The Morgan fingerprint density at radius 2 is 2.10 bits per heavy atom. The first-order chi connectivity index (χ1) is 9.56. The lowest BCUT2D eigenvalue weighted by atomic mass is 10.3. The maximum atomic E-state index is 12.0. The van der Waals surface area contributed by atoms with E-state index in [4.69, 9.17) is 21.1 Å². The first kappa shape index (κ1) is 14.9. The molecule has 0 unspecified atom stereocenters. The van der Waals surface area contributed by atoms with Crippen LogP contribution in [-0.4, -0.2) is 43.3 Å². The second-order valence-electron chi connectivity index (χ2n) is 4.84. The Balaban J connectivity index is 1.99. The van der Waals surface area contributed by atoms with Crippen molar-refractivity contribution >= 4 is 23.3 Å². The number of carbonyl (C=O) groups excluding carboxylic acids is 1. The number of urea groups is 1. The van der Waals surface area contributed by atoms with Gasteiger partial charge in [-0.25, -0.2) is 4.79 Å². The molecule has 1 aliphatic rings. The van der Waals surface area contributed by atoms with E-state index in [1.54, 1.807) is 23.1 Å². The average molecular weight is 299 g/mol. The molecule has 0 spiro atoms. The highest BCUT2D eigenvalue weighted by molar-refractivity contribution is 6.32. The van der Waals surface area contributed by atoms with Gasteiger partial charge >= 0.3 is 6.03 Å². The largest absolute Gasteiger partial charge is 0.489 e. The van der Waals surface area contributed by atoms with E-state index in [0.29, 0.717) is 42.8 Å². The van der Waals surface area contributed by atoms with E-state index in [0.717, 1.165) is 0 Å². The van der Waals surface area contributed by atoms with Crippen molar-refractivity contribution in [2.45, 2.75) is 20.0 Å². The van der Waals surface area contributed by atoms with Gasteiger partial charge in [0.25, 0.3) is 0 Å². The number of morpholine rings is 1. The van der Waals surface area contributed by atoms with Gasteiger partial charge in [0.1, 0.15) is 5.75 Å². The van der Waals surface area contributed by atoms with Gasteiger partial charge in [0.2, 0.25) is 0 Å². The summed E-state index contributed by atoms with van der Waals surface area (Å²) in [6, 6.07) is 5.10. The van der Waals surface area contributed by atoms with Crippen LogP contribution in [-0.2, 0) is 4.74 Å². The molecule has 0 aliphatic carbocycles. The second-order valence-corrected chi connectivity index (χ2v) is 5.25. The van der Waals surface area contributed by atoms with Gasteiger partial charge in [0, 0.05) is 18.8 Å².